The van der Waals surface area contributed by atoms with Crippen LogP contribution in [0.4, 0.5) is 0 Å². The highest BCUT2D eigenvalue weighted by Gasteiger charge is 2.11. The van der Waals surface area contributed by atoms with Gasteiger partial charge >= 0.3 is 5.97 Å². The maximum atomic E-state index is 10.8. The van der Waals surface area contributed by atoms with Gasteiger partial charge in [-0.2, -0.15) is 0 Å². The lowest BCUT2D eigenvalue weighted by molar-refractivity contribution is -0.133. The molecule has 1 heterocycles. The molecule has 0 radical (unpaired) electrons. The first-order chi connectivity index (χ1) is 6.61. The van der Waals surface area contributed by atoms with Crippen molar-refractivity contribution in [2.75, 3.05) is 0 Å². The van der Waals surface area contributed by atoms with E-state index < -0.39 is 5.97 Å². The van der Waals surface area contributed by atoms with Gasteiger partial charge in [0.1, 0.15) is 0 Å². The molecule has 0 unspecified atom stereocenters. The van der Waals surface area contributed by atoms with E-state index in [9.17, 15) is 4.79 Å². The van der Waals surface area contributed by atoms with Crippen LogP contribution in [0.1, 0.15) is 19.5 Å². The van der Waals surface area contributed by atoms with Crippen LogP contribution >= 0.6 is 0 Å². The Morgan fingerprint density at radius 1 is 1.50 bits per heavy atom. The number of rotatable bonds is 3. The fourth-order valence-corrected chi connectivity index (χ4v) is 1.10. The van der Waals surface area contributed by atoms with Crippen LogP contribution in [-0.4, -0.2) is 16.1 Å². The minimum Gasteiger partial charge on any atom is -0.478 e. The quantitative estimate of drug-likeness (QED) is 0.745. The van der Waals surface area contributed by atoms with Crippen LogP contribution in [0, 0.1) is 5.92 Å². The van der Waals surface area contributed by atoms with Crippen molar-refractivity contribution in [1.82, 2.24) is 4.98 Å². The van der Waals surface area contributed by atoms with E-state index in [4.69, 9.17) is 5.11 Å². The van der Waals surface area contributed by atoms with Gasteiger partial charge in [0.05, 0.1) is 5.69 Å². The van der Waals surface area contributed by atoms with Gasteiger partial charge in [-0.1, -0.05) is 19.9 Å². The maximum Gasteiger partial charge on any atom is 0.331 e. The number of aliphatic carboxylic acids is 1. The third kappa shape index (κ3) is 2.69. The molecule has 1 aromatic heterocycles. The van der Waals surface area contributed by atoms with Crippen LogP contribution in [0.15, 0.2) is 30.0 Å². The fraction of sp³-hybridized carbons (Fsp3) is 0.273. The molecule has 0 saturated carbocycles. The predicted octanol–water partition coefficient (Wildman–Crippen LogP) is 2.21. The molecule has 0 fully saturated rings. The summed E-state index contributed by atoms with van der Waals surface area (Å²) in [6.45, 7) is 3.70. The van der Waals surface area contributed by atoms with Crippen LogP contribution in [0.25, 0.3) is 6.08 Å². The Morgan fingerprint density at radius 2 is 2.21 bits per heavy atom. The van der Waals surface area contributed by atoms with E-state index in [0.29, 0.717) is 11.3 Å². The summed E-state index contributed by atoms with van der Waals surface area (Å²) in [6, 6.07) is 5.41. The first-order valence-corrected chi connectivity index (χ1v) is 4.47. The van der Waals surface area contributed by atoms with E-state index in [2.05, 4.69) is 4.98 Å². The number of carbonyl (C=O) groups is 1. The van der Waals surface area contributed by atoms with Gasteiger partial charge in [-0.3, -0.25) is 4.98 Å². The largest absolute Gasteiger partial charge is 0.478 e. The van der Waals surface area contributed by atoms with E-state index in [-0.39, 0.29) is 5.92 Å². The first-order valence-electron chi connectivity index (χ1n) is 4.47. The summed E-state index contributed by atoms with van der Waals surface area (Å²) in [5.41, 5.74) is 1.06. The SMILES string of the molecule is CC(C)/C(=C\c1ccccn1)C(=O)O. The van der Waals surface area contributed by atoms with E-state index in [1.807, 2.05) is 19.9 Å². The third-order valence-electron chi connectivity index (χ3n) is 1.86. The second-order valence-corrected chi connectivity index (χ2v) is 3.31. The van der Waals surface area contributed by atoms with Crippen molar-refractivity contribution < 1.29 is 9.90 Å². The zero-order valence-electron chi connectivity index (χ0n) is 8.27. The van der Waals surface area contributed by atoms with Crippen molar-refractivity contribution in [3.8, 4) is 0 Å². The molecule has 0 aliphatic heterocycles. The second-order valence-electron chi connectivity index (χ2n) is 3.31. The minimum absolute atomic E-state index is 0.00509. The molecular weight excluding hydrogens is 178 g/mol. The summed E-state index contributed by atoms with van der Waals surface area (Å²) >= 11 is 0. The fourth-order valence-electron chi connectivity index (χ4n) is 1.10. The topological polar surface area (TPSA) is 50.2 Å². The molecule has 0 bridgehead atoms. The van der Waals surface area contributed by atoms with E-state index in [1.54, 1.807) is 24.4 Å². The average molecular weight is 191 g/mol. The molecule has 14 heavy (non-hydrogen) atoms. The summed E-state index contributed by atoms with van der Waals surface area (Å²) in [5.74, 6) is -0.889. The van der Waals surface area contributed by atoms with Crippen LogP contribution in [0.5, 0.6) is 0 Å². The van der Waals surface area contributed by atoms with Gasteiger partial charge in [0, 0.05) is 11.8 Å². The average Bonchev–Trinajstić information content (AvgIpc) is 2.15. The molecule has 0 spiro atoms. The van der Waals surface area contributed by atoms with Gasteiger partial charge in [0.2, 0.25) is 0 Å². The van der Waals surface area contributed by atoms with Gasteiger partial charge in [0.25, 0.3) is 0 Å². The van der Waals surface area contributed by atoms with Crippen molar-refractivity contribution in [2.45, 2.75) is 13.8 Å². The lowest BCUT2D eigenvalue weighted by Crippen LogP contribution is -2.06. The molecular formula is C11H13NO2. The Balaban J connectivity index is 3.00. The molecule has 0 saturated heterocycles. The third-order valence-corrected chi connectivity index (χ3v) is 1.86. The van der Waals surface area contributed by atoms with Crippen molar-refractivity contribution in [3.63, 3.8) is 0 Å². The van der Waals surface area contributed by atoms with Crippen molar-refractivity contribution in [2.24, 2.45) is 5.92 Å². The molecule has 3 nitrogen and oxygen atoms in total. The lowest BCUT2D eigenvalue weighted by atomic mass is 10.0. The van der Waals surface area contributed by atoms with E-state index >= 15 is 0 Å². The summed E-state index contributed by atoms with van der Waals surface area (Å²) in [6.07, 6.45) is 3.25. The predicted molar refractivity (Wildman–Crippen MR) is 54.7 cm³/mol. The number of hydrogen-bond donors (Lipinski definition) is 1. The van der Waals surface area contributed by atoms with Crippen LogP contribution in [-0.2, 0) is 4.79 Å². The number of pyridine rings is 1. The number of aromatic nitrogens is 1. The molecule has 3 heteroatoms. The summed E-state index contributed by atoms with van der Waals surface area (Å²) in [7, 11) is 0. The van der Waals surface area contributed by atoms with Gasteiger partial charge in [-0.25, -0.2) is 4.79 Å². The standard InChI is InChI=1S/C11H13NO2/c1-8(2)10(11(13)14)7-9-5-3-4-6-12-9/h3-8H,1-2H3,(H,13,14)/b10-7+. The highest BCUT2D eigenvalue weighted by molar-refractivity contribution is 5.92. The number of carboxylic acids is 1. The second kappa shape index (κ2) is 4.56. The van der Waals surface area contributed by atoms with Gasteiger partial charge in [-0.15, -0.1) is 0 Å². The van der Waals surface area contributed by atoms with Crippen molar-refractivity contribution in [1.29, 1.82) is 0 Å². The smallest absolute Gasteiger partial charge is 0.331 e. The van der Waals surface area contributed by atoms with Gasteiger partial charge < -0.3 is 5.11 Å². The molecule has 1 N–H and O–H groups in total. The number of carboxylic acid groups (broad SMARTS) is 1. The molecule has 0 aromatic carbocycles. The highest BCUT2D eigenvalue weighted by Crippen LogP contribution is 2.13. The monoisotopic (exact) mass is 191 g/mol. The Hall–Kier alpha value is -1.64. The molecule has 0 amide bonds. The summed E-state index contributed by atoms with van der Waals surface area (Å²) in [5, 5.41) is 8.91. The highest BCUT2D eigenvalue weighted by atomic mass is 16.4. The normalized spacial score (nSPS) is 11.8. The number of nitrogens with zero attached hydrogens (tertiary/aromatic N) is 1. The lowest BCUT2D eigenvalue weighted by Gasteiger charge is -2.05. The molecule has 1 rings (SSSR count). The molecule has 74 valence electrons. The van der Waals surface area contributed by atoms with Crippen molar-refractivity contribution >= 4 is 12.0 Å². The Morgan fingerprint density at radius 3 is 2.64 bits per heavy atom. The Labute approximate surface area is 83.1 Å². The molecule has 0 atom stereocenters. The molecule has 0 aliphatic rings. The number of hydrogen-bond acceptors (Lipinski definition) is 2. The van der Waals surface area contributed by atoms with Crippen LogP contribution < -0.4 is 0 Å². The van der Waals surface area contributed by atoms with E-state index in [0.717, 1.165) is 0 Å². The van der Waals surface area contributed by atoms with Crippen molar-refractivity contribution in [3.05, 3.63) is 35.7 Å². The van der Waals surface area contributed by atoms with Gasteiger partial charge in [0.15, 0.2) is 0 Å². The molecule has 0 aliphatic carbocycles. The maximum absolute atomic E-state index is 10.8. The van der Waals surface area contributed by atoms with Gasteiger partial charge in [-0.05, 0) is 24.1 Å². The van der Waals surface area contributed by atoms with E-state index in [1.165, 1.54) is 0 Å². The molecule has 1 aromatic rings. The summed E-state index contributed by atoms with van der Waals surface area (Å²) < 4.78 is 0. The minimum atomic E-state index is -0.884. The zero-order chi connectivity index (χ0) is 10.6. The summed E-state index contributed by atoms with van der Waals surface area (Å²) in [4.78, 5) is 14.9. The Bertz CT molecular complexity index is 342. The zero-order valence-corrected chi connectivity index (χ0v) is 8.27. The first kappa shape index (κ1) is 10.4. The van der Waals surface area contributed by atoms with Crippen LogP contribution in [0.3, 0.4) is 0 Å². The Kier molecular flexibility index (Phi) is 3.40. The van der Waals surface area contributed by atoms with Crippen LogP contribution in [0.2, 0.25) is 0 Å².